The van der Waals surface area contributed by atoms with Gasteiger partial charge in [-0.1, -0.05) is 0 Å². The van der Waals surface area contributed by atoms with E-state index in [0.29, 0.717) is 5.41 Å². The monoisotopic (exact) mass is 214 g/mol. The topological polar surface area (TPSA) is 24.9 Å². The zero-order valence-corrected chi connectivity index (χ0v) is 9.90. The molecule has 3 aliphatic carbocycles. The average Bonchev–Trinajstić information content (AvgIpc) is 2.78. The van der Waals surface area contributed by atoms with Gasteiger partial charge in [0.25, 0.3) is 0 Å². The third kappa shape index (κ3) is 0.957. The van der Waals surface area contributed by atoms with Gasteiger partial charge in [-0.15, -0.1) is 0 Å². The Bertz CT molecular complexity index is 472. The summed E-state index contributed by atoms with van der Waals surface area (Å²) in [4.78, 5) is 5.02. The van der Waals surface area contributed by atoms with Gasteiger partial charge in [-0.3, -0.25) is 4.98 Å². The molecule has 0 aromatic carbocycles. The first kappa shape index (κ1) is 9.03. The minimum Gasteiger partial charge on any atom is -0.388 e. The van der Waals surface area contributed by atoms with Crippen LogP contribution >= 0.6 is 0 Å². The highest BCUT2D eigenvalue weighted by Gasteiger charge is 2.51. The maximum absolute atomic E-state index is 5.02. The zero-order chi connectivity index (χ0) is 10.8. The van der Waals surface area contributed by atoms with E-state index in [2.05, 4.69) is 12.4 Å². The minimum atomic E-state index is 0.526. The Morgan fingerprint density at radius 2 is 1.94 bits per heavy atom. The number of aromatic nitrogens is 1. The van der Waals surface area contributed by atoms with Crippen LogP contribution in [0.5, 0.6) is 0 Å². The van der Waals surface area contributed by atoms with Gasteiger partial charge in [-0.25, -0.2) is 0 Å². The molecule has 0 saturated heterocycles. The fraction of sp³-hybridized carbons (Fsp3) is 0.643. The molecule has 1 spiro atoms. The summed E-state index contributed by atoms with van der Waals surface area (Å²) in [5, 5.41) is 3.45. The van der Waals surface area contributed by atoms with Crippen LogP contribution < -0.4 is 5.32 Å². The minimum absolute atomic E-state index is 0.526. The predicted octanol–water partition coefficient (Wildman–Crippen LogP) is 2.59. The quantitative estimate of drug-likeness (QED) is 0.777. The largest absolute Gasteiger partial charge is 0.388 e. The van der Waals surface area contributed by atoms with Crippen molar-refractivity contribution in [1.82, 2.24) is 4.98 Å². The van der Waals surface area contributed by atoms with Crippen molar-refractivity contribution in [3.05, 3.63) is 22.5 Å². The maximum atomic E-state index is 5.02. The van der Waals surface area contributed by atoms with Crippen LogP contribution in [0.15, 0.2) is 0 Å². The SMILES string of the molecule is CNc1c2c(nc3c1CCC31CC1)CCC2. The van der Waals surface area contributed by atoms with Crippen LogP contribution in [0.2, 0.25) is 0 Å². The van der Waals surface area contributed by atoms with Crippen molar-refractivity contribution in [1.29, 1.82) is 0 Å². The molecule has 0 unspecified atom stereocenters. The summed E-state index contributed by atoms with van der Waals surface area (Å²) < 4.78 is 0. The molecule has 1 saturated carbocycles. The normalized spacial score (nSPS) is 23.3. The number of fused-ring (bicyclic) bond motifs is 3. The van der Waals surface area contributed by atoms with E-state index in [-0.39, 0.29) is 0 Å². The fourth-order valence-corrected chi connectivity index (χ4v) is 3.73. The number of anilines is 1. The number of hydrogen-bond acceptors (Lipinski definition) is 2. The Hall–Kier alpha value is -1.05. The van der Waals surface area contributed by atoms with Crippen molar-refractivity contribution in [3.8, 4) is 0 Å². The molecule has 1 fully saturated rings. The van der Waals surface area contributed by atoms with Gasteiger partial charge >= 0.3 is 0 Å². The van der Waals surface area contributed by atoms with Gasteiger partial charge in [-0.05, 0) is 56.1 Å². The maximum Gasteiger partial charge on any atom is 0.0521 e. The lowest BCUT2D eigenvalue weighted by Gasteiger charge is -2.15. The number of pyridine rings is 1. The second-order valence-corrected chi connectivity index (χ2v) is 5.62. The van der Waals surface area contributed by atoms with E-state index in [1.54, 1.807) is 5.56 Å². The molecule has 0 radical (unpaired) electrons. The first-order valence-corrected chi connectivity index (χ1v) is 6.57. The van der Waals surface area contributed by atoms with Crippen molar-refractivity contribution in [2.75, 3.05) is 12.4 Å². The smallest absolute Gasteiger partial charge is 0.0521 e. The van der Waals surface area contributed by atoms with Gasteiger partial charge in [0.1, 0.15) is 0 Å². The van der Waals surface area contributed by atoms with E-state index in [1.165, 1.54) is 67.6 Å². The summed E-state index contributed by atoms with van der Waals surface area (Å²) in [6.45, 7) is 0. The molecular weight excluding hydrogens is 196 g/mol. The van der Waals surface area contributed by atoms with Crippen LogP contribution in [0.4, 0.5) is 5.69 Å². The van der Waals surface area contributed by atoms with Crippen molar-refractivity contribution < 1.29 is 0 Å². The van der Waals surface area contributed by atoms with Crippen molar-refractivity contribution in [3.63, 3.8) is 0 Å². The number of nitrogens with zero attached hydrogens (tertiary/aromatic N) is 1. The van der Waals surface area contributed by atoms with Gasteiger partial charge in [0, 0.05) is 23.8 Å². The third-order valence-corrected chi connectivity index (χ3v) is 4.78. The highest BCUT2D eigenvalue weighted by atomic mass is 14.9. The van der Waals surface area contributed by atoms with Crippen LogP contribution in [-0.4, -0.2) is 12.0 Å². The molecule has 84 valence electrons. The number of hydrogen-bond donors (Lipinski definition) is 1. The Morgan fingerprint density at radius 1 is 1.06 bits per heavy atom. The second-order valence-electron chi connectivity index (χ2n) is 5.62. The van der Waals surface area contributed by atoms with Gasteiger partial charge in [0.15, 0.2) is 0 Å². The molecule has 2 nitrogen and oxygen atoms in total. The Morgan fingerprint density at radius 3 is 2.69 bits per heavy atom. The first-order chi connectivity index (χ1) is 7.84. The van der Waals surface area contributed by atoms with Crippen molar-refractivity contribution in [2.24, 2.45) is 0 Å². The third-order valence-electron chi connectivity index (χ3n) is 4.78. The van der Waals surface area contributed by atoms with E-state index in [4.69, 9.17) is 4.98 Å². The van der Waals surface area contributed by atoms with Crippen LogP contribution in [0.1, 0.15) is 48.2 Å². The van der Waals surface area contributed by atoms with Gasteiger partial charge in [0.2, 0.25) is 0 Å². The molecule has 0 atom stereocenters. The molecule has 3 aliphatic rings. The summed E-state index contributed by atoms with van der Waals surface area (Å²) in [5.74, 6) is 0. The highest BCUT2D eigenvalue weighted by molar-refractivity contribution is 5.65. The number of nitrogens with one attached hydrogen (secondary N) is 1. The molecule has 4 rings (SSSR count). The first-order valence-electron chi connectivity index (χ1n) is 6.57. The predicted molar refractivity (Wildman–Crippen MR) is 65.0 cm³/mol. The Labute approximate surface area is 96.5 Å². The van der Waals surface area contributed by atoms with Crippen LogP contribution in [0, 0.1) is 0 Å². The van der Waals surface area contributed by atoms with Crippen LogP contribution in [-0.2, 0) is 24.7 Å². The zero-order valence-electron chi connectivity index (χ0n) is 9.90. The lowest BCUT2D eigenvalue weighted by Crippen LogP contribution is -2.08. The van der Waals surface area contributed by atoms with E-state index < -0.39 is 0 Å². The highest BCUT2D eigenvalue weighted by Crippen LogP contribution is 2.57. The summed E-state index contributed by atoms with van der Waals surface area (Å²) in [6.07, 6.45) is 9.11. The summed E-state index contributed by atoms with van der Waals surface area (Å²) in [6, 6.07) is 0. The van der Waals surface area contributed by atoms with E-state index in [0.717, 1.165) is 0 Å². The molecule has 0 aliphatic heterocycles. The molecular formula is C14H18N2. The Kier molecular flexibility index (Phi) is 1.58. The van der Waals surface area contributed by atoms with Crippen molar-refractivity contribution >= 4 is 5.69 Å². The molecule has 1 N–H and O–H groups in total. The molecule has 16 heavy (non-hydrogen) atoms. The molecule has 1 aromatic heterocycles. The summed E-state index contributed by atoms with van der Waals surface area (Å²) >= 11 is 0. The summed E-state index contributed by atoms with van der Waals surface area (Å²) in [7, 11) is 2.08. The fourth-order valence-electron chi connectivity index (χ4n) is 3.73. The van der Waals surface area contributed by atoms with E-state index in [9.17, 15) is 0 Å². The molecule has 0 amide bonds. The van der Waals surface area contributed by atoms with Gasteiger partial charge < -0.3 is 5.32 Å². The molecule has 1 aromatic rings. The lowest BCUT2D eigenvalue weighted by atomic mass is 10.0. The van der Waals surface area contributed by atoms with E-state index in [1.807, 2.05) is 0 Å². The van der Waals surface area contributed by atoms with Crippen molar-refractivity contribution in [2.45, 2.75) is 50.4 Å². The average molecular weight is 214 g/mol. The summed E-state index contributed by atoms with van der Waals surface area (Å²) in [5.41, 5.74) is 7.92. The van der Waals surface area contributed by atoms with E-state index >= 15 is 0 Å². The molecule has 1 heterocycles. The standard InChI is InChI=1S/C14H18N2/c1-15-12-9-3-2-4-11(9)16-13-10(12)5-6-14(13)7-8-14/h2-8H2,1H3,(H,15,16). The lowest BCUT2D eigenvalue weighted by molar-refractivity contribution is 0.661. The van der Waals surface area contributed by atoms with Gasteiger partial charge in [-0.2, -0.15) is 0 Å². The number of rotatable bonds is 1. The number of aryl methyl sites for hydroxylation is 1. The second kappa shape index (κ2) is 2.79. The molecule has 2 heteroatoms. The molecule has 0 bridgehead atoms. The Balaban J connectivity index is 1.98. The van der Waals surface area contributed by atoms with Crippen LogP contribution in [0.25, 0.3) is 0 Å². The van der Waals surface area contributed by atoms with Crippen LogP contribution in [0.3, 0.4) is 0 Å². The van der Waals surface area contributed by atoms with Gasteiger partial charge in [0.05, 0.1) is 5.69 Å².